The molecule has 3 N–H and O–H groups in total. The number of fused-ring (bicyclic) bond motifs is 1. The van der Waals surface area contributed by atoms with Gasteiger partial charge in [-0.25, -0.2) is 28.4 Å². The van der Waals surface area contributed by atoms with E-state index < -0.39 is 53.9 Å². The smallest absolute Gasteiger partial charge is 0.423 e. The quantitative estimate of drug-likeness (QED) is 0.0774. The van der Waals surface area contributed by atoms with Crippen molar-refractivity contribution in [1.82, 2.24) is 33.3 Å². The number of nitrogens with one attached hydrogen (secondary N) is 2. The minimum Gasteiger partial charge on any atom is -0.423 e. The van der Waals surface area contributed by atoms with Crippen LogP contribution in [-0.4, -0.2) is 222 Å². The molecule has 23 nitrogen and oxygen atoms in total. The Morgan fingerprint density at radius 1 is 0.806 bits per heavy atom. The van der Waals surface area contributed by atoms with Crippen molar-refractivity contribution in [3.05, 3.63) is 23.8 Å². The largest absolute Gasteiger partial charge is 0.491 e. The van der Waals surface area contributed by atoms with Crippen LogP contribution in [0.1, 0.15) is 32.3 Å². The molecule has 2 amide bonds. The number of methoxy groups -OCH3 is 1. The molecule has 0 bridgehead atoms. The molecular formula is C39H70BN8O15P3S. The molecule has 0 spiro atoms. The van der Waals surface area contributed by atoms with E-state index in [0.29, 0.717) is 37.5 Å². The summed E-state index contributed by atoms with van der Waals surface area (Å²) in [4.78, 5) is 27.6. The molecule has 6 rings (SSSR count). The number of hydrogen-bond acceptors (Lipinski definition) is 16. The highest BCUT2D eigenvalue weighted by Gasteiger charge is 2.45. The zero-order valence-corrected chi connectivity index (χ0v) is 43.4. The first-order valence-corrected chi connectivity index (χ1v) is 27.7. The van der Waals surface area contributed by atoms with E-state index in [-0.39, 0.29) is 109 Å². The van der Waals surface area contributed by atoms with E-state index in [1.54, 1.807) is 84.1 Å². The fraction of sp³-hybridized carbons (Fsp3) is 0.795. The molecule has 0 radical (unpaired) electrons. The molecule has 0 aromatic heterocycles. The molecule has 0 aliphatic carbocycles. The molecule has 4 saturated heterocycles. The average Bonchev–Trinajstić information content (AvgIpc) is 3.66. The topological polar surface area (TPSA) is 232 Å². The lowest BCUT2D eigenvalue weighted by atomic mass is 9.79. The van der Waals surface area contributed by atoms with Gasteiger partial charge in [-0.3, -0.25) is 23.3 Å². The second kappa shape index (κ2) is 24.4. The Morgan fingerprint density at radius 2 is 1.40 bits per heavy atom. The van der Waals surface area contributed by atoms with Crippen molar-refractivity contribution < 1.29 is 70.2 Å². The average molecular weight is 1030 g/mol. The van der Waals surface area contributed by atoms with Crippen LogP contribution in [0.15, 0.2) is 18.2 Å². The molecule has 67 heavy (non-hydrogen) atoms. The van der Waals surface area contributed by atoms with Crippen LogP contribution in [0, 0.1) is 0 Å². The van der Waals surface area contributed by atoms with Gasteiger partial charge in [0.1, 0.15) is 11.5 Å². The van der Waals surface area contributed by atoms with Crippen molar-refractivity contribution in [3.63, 3.8) is 0 Å². The van der Waals surface area contributed by atoms with Crippen LogP contribution in [0.4, 0.5) is 5.69 Å². The normalized spacial score (nSPS) is 29.6. The van der Waals surface area contributed by atoms with Gasteiger partial charge in [0, 0.05) is 71.5 Å². The minimum absolute atomic E-state index is 0.0320. The molecule has 1 aromatic rings. The van der Waals surface area contributed by atoms with Crippen LogP contribution in [0.5, 0.6) is 0 Å². The second-order valence-corrected chi connectivity index (χ2v) is 25.8. The summed E-state index contributed by atoms with van der Waals surface area (Å²) in [5.74, 6) is -0.630. The Labute approximate surface area is 400 Å². The first-order valence-electron chi connectivity index (χ1n) is 22.5. The Bertz CT molecular complexity index is 1990. The van der Waals surface area contributed by atoms with Crippen LogP contribution in [0.25, 0.3) is 0 Å². The third-order valence-corrected chi connectivity index (χ3v) is 19.5. The van der Waals surface area contributed by atoms with E-state index in [0.717, 1.165) is 5.56 Å². The summed E-state index contributed by atoms with van der Waals surface area (Å²) in [6, 6.07) is 5.16. The highest BCUT2D eigenvalue weighted by molar-refractivity contribution is 7.80. The van der Waals surface area contributed by atoms with E-state index in [4.69, 9.17) is 41.9 Å². The number of rotatable bonds is 21. The van der Waals surface area contributed by atoms with Gasteiger partial charge in [-0.1, -0.05) is 6.07 Å². The van der Waals surface area contributed by atoms with Crippen LogP contribution in [0.3, 0.4) is 0 Å². The zero-order chi connectivity index (χ0) is 48.7. The summed E-state index contributed by atoms with van der Waals surface area (Å²) < 4.78 is 105. The number of hydrogen-bond donors (Lipinski definition) is 4. The maximum Gasteiger partial charge on any atom is 0.491 e. The molecule has 4 fully saturated rings. The molecule has 5 aliphatic heterocycles. The number of anilines is 1. The number of amides is 2. The Morgan fingerprint density at radius 3 is 2.06 bits per heavy atom. The third kappa shape index (κ3) is 14.2. The SMILES string of the molecule is CNP(=O)(OCC1CN(P(=O)(OCC2CN(C(=O)CCC(=O)Nc3ccc4c(c3)B(O)OC4)CC(S)O2)N(C)C)CCO1)N1CC(C)OC(COP(=O)(N(C)C)N2CC(C)OC(COC)C2)C1. The van der Waals surface area contributed by atoms with Crippen molar-refractivity contribution >= 4 is 65.7 Å². The number of benzene rings is 1. The van der Waals surface area contributed by atoms with Gasteiger partial charge in [0.05, 0.1) is 76.7 Å². The van der Waals surface area contributed by atoms with E-state index in [9.17, 15) is 28.3 Å². The molecule has 5 heterocycles. The molecule has 28 heteroatoms. The van der Waals surface area contributed by atoms with E-state index >= 15 is 0 Å². The predicted octanol–water partition coefficient (Wildman–Crippen LogP) is 1.35. The standard InChI is InChI=1S/C39H70BN8O15P3S/c1-28-16-47(20-35(62-28)27-60-66(54,44(6)7)48-17-29(2)61-34(21-48)24-55-8)64(52,41-3)58-25-32-19-46(13-14-56-32)65(53,43(4)5)59-26-33-18-45(22-39(67)63-33)38(50)12-11-37(49)42-31-10-9-30-23-57-40(51)36(30)15-31/h9-10,15,28-29,32-35,39,51,67H,11-14,16-27H2,1-8H3,(H,41,52)(H,42,49). The Balaban J connectivity index is 0.992. The predicted molar refractivity (Wildman–Crippen MR) is 253 cm³/mol. The lowest BCUT2D eigenvalue weighted by molar-refractivity contribution is -0.142. The summed E-state index contributed by atoms with van der Waals surface area (Å²) >= 11 is 4.50. The van der Waals surface area contributed by atoms with E-state index in [2.05, 4.69) is 23.0 Å². The molecule has 10 unspecified atom stereocenters. The summed E-state index contributed by atoms with van der Waals surface area (Å²) in [5, 5.41) is 15.7. The van der Waals surface area contributed by atoms with Gasteiger partial charge >= 0.3 is 30.1 Å². The van der Waals surface area contributed by atoms with Gasteiger partial charge in [0.15, 0.2) is 0 Å². The third-order valence-electron chi connectivity index (χ3n) is 11.9. The van der Waals surface area contributed by atoms with E-state index in [1.807, 2.05) is 13.8 Å². The minimum atomic E-state index is -3.69. The van der Waals surface area contributed by atoms with Gasteiger partial charge in [-0.2, -0.15) is 0 Å². The summed E-state index contributed by atoms with van der Waals surface area (Å²) in [6.45, 7) is 6.32. The fourth-order valence-electron chi connectivity index (χ4n) is 8.61. The van der Waals surface area contributed by atoms with E-state index in [1.165, 1.54) is 4.67 Å². The van der Waals surface area contributed by atoms with Gasteiger partial charge in [0.25, 0.3) is 0 Å². The fourth-order valence-corrected chi connectivity index (χ4v) is 14.8. The number of carbonyl (C=O) groups excluding carboxylic acids is 2. The van der Waals surface area contributed by atoms with Crippen LogP contribution >= 0.6 is 35.6 Å². The number of thiol groups is 1. The number of ether oxygens (including phenoxy) is 5. The number of morpholine rings is 4. The zero-order valence-electron chi connectivity index (χ0n) is 39.8. The summed E-state index contributed by atoms with van der Waals surface area (Å²) in [5.41, 5.74) is 1.29. The molecule has 10 atom stereocenters. The molecule has 0 saturated carbocycles. The van der Waals surface area contributed by atoms with Crippen LogP contribution in [-0.2, 0) is 71.8 Å². The van der Waals surface area contributed by atoms with Crippen molar-refractivity contribution in [2.24, 2.45) is 0 Å². The molecule has 380 valence electrons. The Kier molecular flexibility index (Phi) is 20.0. The van der Waals surface area contributed by atoms with Gasteiger partial charge in [0.2, 0.25) is 11.8 Å². The van der Waals surface area contributed by atoms with Crippen LogP contribution in [0.2, 0.25) is 0 Å². The molecular weight excluding hydrogens is 956 g/mol. The van der Waals surface area contributed by atoms with Crippen molar-refractivity contribution in [2.45, 2.75) is 75.4 Å². The van der Waals surface area contributed by atoms with Gasteiger partial charge in [-0.15, -0.1) is 12.6 Å². The molecule has 5 aliphatic rings. The Hall–Kier alpha value is -1.38. The second-order valence-electron chi connectivity index (χ2n) is 17.7. The first-order chi connectivity index (χ1) is 31.7. The van der Waals surface area contributed by atoms with Crippen molar-refractivity contribution in [1.29, 1.82) is 0 Å². The van der Waals surface area contributed by atoms with Crippen molar-refractivity contribution in [3.8, 4) is 0 Å². The maximum atomic E-state index is 14.6. The summed E-state index contributed by atoms with van der Waals surface area (Å²) in [6.07, 6.45) is -2.83. The molecule has 1 aromatic carbocycles. The number of nitrogens with zero attached hydrogens (tertiary/aromatic N) is 6. The maximum absolute atomic E-state index is 14.6. The first kappa shape index (κ1) is 54.9. The summed E-state index contributed by atoms with van der Waals surface area (Å²) in [7, 11) is -2.06. The van der Waals surface area contributed by atoms with Gasteiger partial charge < -0.3 is 57.2 Å². The number of carbonyl (C=O) groups is 2. The van der Waals surface area contributed by atoms with Crippen molar-refractivity contribution in [2.75, 3.05) is 133 Å². The highest BCUT2D eigenvalue weighted by atomic mass is 32.1. The lowest BCUT2D eigenvalue weighted by Gasteiger charge is -2.43. The monoisotopic (exact) mass is 1030 g/mol. The lowest BCUT2D eigenvalue weighted by Crippen LogP contribution is -2.51. The highest BCUT2D eigenvalue weighted by Crippen LogP contribution is 2.55. The van der Waals surface area contributed by atoms with Gasteiger partial charge in [-0.05, 0) is 72.2 Å². The van der Waals surface area contributed by atoms with Crippen LogP contribution < -0.4 is 15.9 Å².